The Kier molecular flexibility index (Phi) is 4.27. The number of piperazine rings is 1. The molecule has 1 saturated carbocycles. The molecule has 0 radical (unpaired) electrons. The summed E-state index contributed by atoms with van der Waals surface area (Å²) in [6.45, 7) is 5.44. The van der Waals surface area contributed by atoms with Crippen molar-refractivity contribution in [3.63, 3.8) is 0 Å². The van der Waals surface area contributed by atoms with E-state index < -0.39 is 0 Å². The lowest BCUT2D eigenvalue weighted by molar-refractivity contribution is -0.131. The Morgan fingerprint density at radius 3 is 2.68 bits per heavy atom. The van der Waals surface area contributed by atoms with Crippen LogP contribution in [0.1, 0.15) is 37.2 Å². The highest BCUT2D eigenvalue weighted by Crippen LogP contribution is 2.47. The third-order valence-corrected chi connectivity index (χ3v) is 5.45. The van der Waals surface area contributed by atoms with E-state index in [1.807, 2.05) is 35.0 Å². The molecule has 4 rings (SSSR count). The first kappa shape index (κ1) is 16.2. The zero-order valence-electron chi connectivity index (χ0n) is 15.0. The average molecular weight is 342 g/mol. The molecule has 25 heavy (non-hydrogen) atoms. The predicted molar refractivity (Wildman–Crippen MR) is 95.6 cm³/mol. The van der Waals surface area contributed by atoms with E-state index in [0.717, 1.165) is 49.6 Å². The standard InChI is InChI=1S/C19H26N4O2/c1-14-13-16(14)17-5-3-15(25-17)4-6-18(24)22-9-11-23(12-10-22)19-20-7-8-21(19)2/h3,5,7-8,14,16H,4,6,9-13H2,1-2H3/t14-,16+/m0/s1. The Bertz CT molecular complexity index is 742. The van der Waals surface area contributed by atoms with E-state index in [4.69, 9.17) is 4.42 Å². The normalized spacial score (nSPS) is 23.1. The van der Waals surface area contributed by atoms with Crippen molar-refractivity contribution in [3.8, 4) is 0 Å². The van der Waals surface area contributed by atoms with Gasteiger partial charge in [0, 0.05) is 64.4 Å². The van der Waals surface area contributed by atoms with Crippen LogP contribution >= 0.6 is 0 Å². The maximum absolute atomic E-state index is 12.5. The molecule has 134 valence electrons. The second-order valence-corrected chi connectivity index (χ2v) is 7.33. The van der Waals surface area contributed by atoms with E-state index in [0.29, 0.717) is 18.8 Å². The van der Waals surface area contributed by atoms with Gasteiger partial charge in [-0.2, -0.15) is 0 Å². The number of amides is 1. The summed E-state index contributed by atoms with van der Waals surface area (Å²) in [6.07, 6.45) is 6.21. The highest BCUT2D eigenvalue weighted by atomic mass is 16.3. The van der Waals surface area contributed by atoms with Crippen LogP contribution in [0.2, 0.25) is 0 Å². The zero-order chi connectivity index (χ0) is 17.4. The van der Waals surface area contributed by atoms with E-state index in [9.17, 15) is 4.79 Å². The Labute approximate surface area is 148 Å². The molecule has 1 aliphatic carbocycles. The number of anilines is 1. The minimum atomic E-state index is 0.220. The molecule has 6 nitrogen and oxygen atoms in total. The van der Waals surface area contributed by atoms with Gasteiger partial charge in [-0.15, -0.1) is 0 Å². The van der Waals surface area contributed by atoms with Gasteiger partial charge in [0.2, 0.25) is 11.9 Å². The lowest BCUT2D eigenvalue weighted by atomic mass is 10.2. The van der Waals surface area contributed by atoms with Crippen LogP contribution in [0.5, 0.6) is 0 Å². The van der Waals surface area contributed by atoms with Gasteiger partial charge in [0.15, 0.2) is 0 Å². The summed E-state index contributed by atoms with van der Waals surface area (Å²) in [5.74, 6) is 4.58. The van der Waals surface area contributed by atoms with E-state index in [2.05, 4.69) is 22.9 Å². The van der Waals surface area contributed by atoms with E-state index in [1.165, 1.54) is 6.42 Å². The van der Waals surface area contributed by atoms with Crippen LogP contribution in [-0.2, 0) is 18.3 Å². The lowest BCUT2D eigenvalue weighted by Crippen LogP contribution is -2.49. The molecule has 1 amide bonds. The van der Waals surface area contributed by atoms with Crippen molar-refractivity contribution in [2.75, 3.05) is 31.1 Å². The molecule has 2 fully saturated rings. The number of furan rings is 1. The highest BCUT2D eigenvalue weighted by molar-refractivity contribution is 5.76. The number of aryl methyl sites for hydroxylation is 2. The Morgan fingerprint density at radius 1 is 1.28 bits per heavy atom. The van der Waals surface area contributed by atoms with Gasteiger partial charge < -0.3 is 18.8 Å². The molecule has 2 atom stereocenters. The maximum atomic E-state index is 12.5. The van der Waals surface area contributed by atoms with Crippen molar-refractivity contribution in [1.29, 1.82) is 0 Å². The average Bonchev–Trinajstić information content (AvgIpc) is 3.01. The summed E-state index contributed by atoms with van der Waals surface area (Å²) in [5, 5.41) is 0. The summed E-state index contributed by atoms with van der Waals surface area (Å²) < 4.78 is 7.93. The SMILES string of the molecule is C[C@H]1C[C@H]1c1ccc(CCC(=O)N2CCN(c3nccn3C)CC2)o1. The fourth-order valence-electron chi connectivity index (χ4n) is 3.65. The first-order valence-corrected chi connectivity index (χ1v) is 9.20. The molecule has 1 aliphatic heterocycles. The van der Waals surface area contributed by atoms with Gasteiger partial charge in [-0.1, -0.05) is 6.92 Å². The first-order valence-electron chi connectivity index (χ1n) is 9.20. The van der Waals surface area contributed by atoms with Gasteiger partial charge in [0.1, 0.15) is 11.5 Å². The van der Waals surface area contributed by atoms with Gasteiger partial charge in [-0.3, -0.25) is 4.79 Å². The molecule has 2 aromatic heterocycles. The van der Waals surface area contributed by atoms with Gasteiger partial charge in [-0.05, 0) is 24.5 Å². The molecule has 2 aliphatic rings. The predicted octanol–water partition coefficient (Wildman–Crippen LogP) is 2.42. The summed E-state index contributed by atoms with van der Waals surface area (Å²) in [4.78, 5) is 21.1. The van der Waals surface area contributed by atoms with Crippen LogP contribution in [0.15, 0.2) is 28.9 Å². The van der Waals surface area contributed by atoms with Crippen LogP contribution in [0.3, 0.4) is 0 Å². The Balaban J connectivity index is 1.25. The Morgan fingerprint density at radius 2 is 2.04 bits per heavy atom. The summed E-state index contributed by atoms with van der Waals surface area (Å²) in [6, 6.07) is 4.12. The zero-order valence-corrected chi connectivity index (χ0v) is 15.0. The first-order chi connectivity index (χ1) is 12.1. The Hall–Kier alpha value is -2.24. The molecule has 0 aromatic carbocycles. The van der Waals surface area contributed by atoms with E-state index >= 15 is 0 Å². The van der Waals surface area contributed by atoms with E-state index in [-0.39, 0.29) is 5.91 Å². The van der Waals surface area contributed by atoms with Crippen LogP contribution < -0.4 is 4.90 Å². The molecule has 3 heterocycles. The minimum absolute atomic E-state index is 0.220. The number of hydrogen-bond donors (Lipinski definition) is 0. The topological polar surface area (TPSA) is 54.5 Å². The molecule has 0 spiro atoms. The number of rotatable bonds is 5. The molecule has 1 saturated heterocycles. The summed E-state index contributed by atoms with van der Waals surface area (Å²) in [7, 11) is 2.00. The van der Waals surface area contributed by atoms with Crippen molar-refractivity contribution >= 4 is 11.9 Å². The lowest BCUT2D eigenvalue weighted by Gasteiger charge is -2.35. The fraction of sp³-hybridized carbons (Fsp3) is 0.579. The van der Waals surface area contributed by atoms with Gasteiger partial charge in [0.05, 0.1) is 0 Å². The fourth-order valence-corrected chi connectivity index (χ4v) is 3.65. The van der Waals surface area contributed by atoms with E-state index in [1.54, 1.807) is 0 Å². The monoisotopic (exact) mass is 342 g/mol. The number of carbonyl (C=O) groups is 1. The molecule has 0 bridgehead atoms. The van der Waals surface area contributed by atoms with Crippen LogP contribution in [0, 0.1) is 5.92 Å². The second-order valence-electron chi connectivity index (χ2n) is 7.33. The molecule has 0 N–H and O–H groups in total. The van der Waals surface area contributed by atoms with Crippen molar-refractivity contribution in [3.05, 3.63) is 36.0 Å². The summed E-state index contributed by atoms with van der Waals surface area (Å²) >= 11 is 0. The van der Waals surface area contributed by atoms with Crippen molar-refractivity contribution in [2.45, 2.75) is 32.1 Å². The van der Waals surface area contributed by atoms with Crippen LogP contribution in [0.4, 0.5) is 5.95 Å². The van der Waals surface area contributed by atoms with Crippen LogP contribution in [0.25, 0.3) is 0 Å². The number of carbonyl (C=O) groups excluding carboxylic acids is 1. The number of imidazole rings is 1. The molecular weight excluding hydrogens is 316 g/mol. The molecule has 0 unspecified atom stereocenters. The van der Waals surface area contributed by atoms with Gasteiger partial charge >= 0.3 is 0 Å². The van der Waals surface area contributed by atoms with Crippen molar-refractivity contribution in [2.24, 2.45) is 13.0 Å². The van der Waals surface area contributed by atoms with Crippen molar-refractivity contribution in [1.82, 2.24) is 14.5 Å². The highest BCUT2D eigenvalue weighted by Gasteiger charge is 2.36. The quantitative estimate of drug-likeness (QED) is 0.837. The molecule has 6 heteroatoms. The third kappa shape index (κ3) is 3.43. The maximum Gasteiger partial charge on any atom is 0.223 e. The number of hydrogen-bond acceptors (Lipinski definition) is 4. The van der Waals surface area contributed by atoms with Crippen molar-refractivity contribution < 1.29 is 9.21 Å². The molecule has 2 aromatic rings. The smallest absolute Gasteiger partial charge is 0.223 e. The number of nitrogens with zero attached hydrogens (tertiary/aromatic N) is 4. The van der Waals surface area contributed by atoms with Crippen LogP contribution in [-0.4, -0.2) is 46.5 Å². The largest absolute Gasteiger partial charge is 0.466 e. The second kappa shape index (κ2) is 6.58. The minimum Gasteiger partial charge on any atom is -0.466 e. The summed E-state index contributed by atoms with van der Waals surface area (Å²) in [5.41, 5.74) is 0. The third-order valence-electron chi connectivity index (χ3n) is 5.45. The molecular formula is C19H26N4O2. The van der Waals surface area contributed by atoms with Gasteiger partial charge in [-0.25, -0.2) is 4.98 Å². The van der Waals surface area contributed by atoms with Gasteiger partial charge in [0.25, 0.3) is 0 Å². The number of aromatic nitrogens is 2.